The minimum absolute atomic E-state index is 0. The number of hydrogen-bond acceptors (Lipinski definition) is 6. The van der Waals surface area contributed by atoms with Crippen LogP contribution in [0.3, 0.4) is 0 Å². The maximum absolute atomic E-state index is 4.79. The molecule has 0 atom stereocenters. The number of piperidine rings is 1. The number of nitrogens with zero attached hydrogens (tertiary/aromatic N) is 5. The van der Waals surface area contributed by atoms with E-state index in [1.54, 1.807) is 11.3 Å². The zero-order chi connectivity index (χ0) is 13.4. The van der Waals surface area contributed by atoms with Crippen LogP contribution in [-0.2, 0) is 13.1 Å². The van der Waals surface area contributed by atoms with Crippen molar-refractivity contribution in [1.82, 2.24) is 25.1 Å². The summed E-state index contributed by atoms with van der Waals surface area (Å²) >= 11 is 1.72. The van der Waals surface area contributed by atoms with Gasteiger partial charge in [-0.15, -0.1) is 33.9 Å². The molecule has 0 aromatic carbocycles. The van der Waals surface area contributed by atoms with Gasteiger partial charge in [-0.1, -0.05) is 0 Å². The van der Waals surface area contributed by atoms with Crippen molar-refractivity contribution in [3.8, 4) is 11.5 Å². The smallest absolute Gasteiger partial charge is 0.185 e. The normalized spacial score (nSPS) is 18.2. The Kier molecular flexibility index (Phi) is 4.42. The molecule has 2 aliphatic heterocycles. The van der Waals surface area contributed by atoms with Gasteiger partial charge in [0.2, 0.25) is 0 Å². The van der Waals surface area contributed by atoms with Crippen molar-refractivity contribution in [2.24, 2.45) is 0 Å². The first-order chi connectivity index (χ1) is 9.92. The third-order valence-electron chi connectivity index (χ3n) is 3.97. The van der Waals surface area contributed by atoms with Crippen LogP contribution >= 0.6 is 23.7 Å². The van der Waals surface area contributed by atoms with Crippen molar-refractivity contribution in [3.05, 3.63) is 11.2 Å². The molecule has 2 aromatic rings. The van der Waals surface area contributed by atoms with Gasteiger partial charge in [0.15, 0.2) is 11.0 Å². The summed E-state index contributed by atoms with van der Waals surface area (Å²) in [6, 6.07) is 0. The van der Waals surface area contributed by atoms with Gasteiger partial charge in [-0.25, -0.2) is 4.98 Å². The van der Waals surface area contributed by atoms with Gasteiger partial charge in [0, 0.05) is 31.6 Å². The van der Waals surface area contributed by atoms with E-state index in [-0.39, 0.29) is 12.4 Å². The predicted octanol–water partition coefficient (Wildman–Crippen LogP) is 1.92. The second kappa shape index (κ2) is 6.29. The minimum atomic E-state index is 0. The largest absolute Gasteiger partial charge is 0.348 e. The fourth-order valence-corrected chi connectivity index (χ4v) is 3.74. The molecule has 0 unspecified atom stereocenters. The molecule has 0 radical (unpaired) electrons. The number of hydrogen-bond donors (Lipinski definition) is 1. The molecule has 0 aliphatic carbocycles. The number of anilines is 1. The van der Waals surface area contributed by atoms with Crippen molar-refractivity contribution in [1.29, 1.82) is 0 Å². The Morgan fingerprint density at radius 2 is 1.95 bits per heavy atom. The molecule has 6 nitrogen and oxygen atoms in total. The van der Waals surface area contributed by atoms with Gasteiger partial charge in [-0.3, -0.25) is 0 Å². The molecule has 8 heteroatoms. The highest BCUT2D eigenvalue weighted by Crippen LogP contribution is 2.29. The molecule has 0 spiro atoms. The lowest BCUT2D eigenvalue weighted by molar-refractivity contribution is 0.508. The highest BCUT2D eigenvalue weighted by Gasteiger charge is 2.20. The summed E-state index contributed by atoms with van der Waals surface area (Å²) in [7, 11) is 0. The van der Waals surface area contributed by atoms with E-state index in [0.717, 1.165) is 55.2 Å². The first kappa shape index (κ1) is 14.7. The zero-order valence-electron chi connectivity index (χ0n) is 11.8. The van der Waals surface area contributed by atoms with E-state index in [9.17, 15) is 0 Å². The van der Waals surface area contributed by atoms with E-state index < -0.39 is 0 Å². The third kappa shape index (κ3) is 2.77. The van der Waals surface area contributed by atoms with E-state index in [4.69, 9.17) is 4.98 Å². The van der Waals surface area contributed by atoms with Crippen LogP contribution in [0.25, 0.3) is 11.5 Å². The Labute approximate surface area is 134 Å². The Hall–Kier alpha value is -1.18. The van der Waals surface area contributed by atoms with E-state index in [2.05, 4.69) is 30.4 Å². The molecule has 2 aliphatic rings. The van der Waals surface area contributed by atoms with Gasteiger partial charge in [0.25, 0.3) is 0 Å². The van der Waals surface area contributed by atoms with E-state index in [1.807, 2.05) is 0 Å². The van der Waals surface area contributed by atoms with Gasteiger partial charge >= 0.3 is 0 Å². The Bertz CT molecular complexity index is 604. The lowest BCUT2D eigenvalue weighted by Gasteiger charge is -2.25. The van der Waals surface area contributed by atoms with E-state index >= 15 is 0 Å². The fourth-order valence-electron chi connectivity index (χ4n) is 2.88. The average Bonchev–Trinajstić information content (AvgIpc) is 3.14. The lowest BCUT2D eigenvalue weighted by atomic mass is 10.1. The molecule has 0 bridgehead atoms. The van der Waals surface area contributed by atoms with Crippen LogP contribution in [0.5, 0.6) is 0 Å². The highest BCUT2D eigenvalue weighted by atomic mass is 35.5. The zero-order valence-corrected chi connectivity index (χ0v) is 13.4. The van der Waals surface area contributed by atoms with E-state index in [0.29, 0.717) is 0 Å². The van der Waals surface area contributed by atoms with Gasteiger partial charge in [0.1, 0.15) is 11.5 Å². The van der Waals surface area contributed by atoms with Crippen LogP contribution in [0.2, 0.25) is 0 Å². The molecule has 4 heterocycles. The average molecular weight is 327 g/mol. The second-order valence-electron chi connectivity index (χ2n) is 5.33. The molecular formula is C13H19ClN6S. The summed E-state index contributed by atoms with van der Waals surface area (Å²) in [4.78, 5) is 7.18. The summed E-state index contributed by atoms with van der Waals surface area (Å²) in [5.41, 5.74) is 0.969. The predicted molar refractivity (Wildman–Crippen MR) is 86.1 cm³/mol. The van der Waals surface area contributed by atoms with Gasteiger partial charge in [-0.2, -0.15) is 0 Å². The third-order valence-corrected chi connectivity index (χ3v) is 4.87. The monoisotopic (exact) mass is 326 g/mol. The molecule has 4 rings (SSSR count). The number of aromatic nitrogens is 4. The number of rotatable bonds is 2. The first-order valence-corrected chi connectivity index (χ1v) is 8.13. The van der Waals surface area contributed by atoms with Crippen LogP contribution in [0.1, 0.15) is 25.1 Å². The van der Waals surface area contributed by atoms with Crippen LogP contribution in [0, 0.1) is 0 Å². The minimum Gasteiger partial charge on any atom is -0.348 e. The van der Waals surface area contributed by atoms with Crippen molar-refractivity contribution in [2.45, 2.75) is 32.4 Å². The van der Waals surface area contributed by atoms with Crippen LogP contribution in [0.15, 0.2) is 5.38 Å². The fraction of sp³-hybridized carbons (Fsp3) is 0.615. The van der Waals surface area contributed by atoms with Gasteiger partial charge in [-0.05, 0) is 19.3 Å². The Morgan fingerprint density at radius 3 is 2.81 bits per heavy atom. The summed E-state index contributed by atoms with van der Waals surface area (Å²) in [6.45, 7) is 4.97. The molecule has 1 fully saturated rings. The first-order valence-electron chi connectivity index (χ1n) is 7.25. The summed E-state index contributed by atoms with van der Waals surface area (Å²) in [5.74, 6) is 1.93. The highest BCUT2D eigenvalue weighted by molar-refractivity contribution is 7.14. The standard InChI is InChI=1S/C13H18N6S.ClH/c1-2-5-18(6-3-1)13-15-10(9-20-13)12-17-16-11-8-14-4-7-19(11)12;/h9,14H,1-8H2;1H. The Morgan fingerprint density at radius 1 is 1.10 bits per heavy atom. The number of nitrogens with one attached hydrogen (secondary N) is 1. The molecule has 21 heavy (non-hydrogen) atoms. The topological polar surface area (TPSA) is 58.9 Å². The van der Waals surface area contributed by atoms with Crippen molar-refractivity contribution >= 4 is 28.9 Å². The van der Waals surface area contributed by atoms with Crippen LogP contribution < -0.4 is 10.2 Å². The number of fused-ring (bicyclic) bond motifs is 1. The molecule has 114 valence electrons. The summed E-state index contributed by atoms with van der Waals surface area (Å²) < 4.78 is 2.19. The molecule has 0 saturated carbocycles. The molecule has 1 saturated heterocycles. The van der Waals surface area contributed by atoms with Gasteiger partial charge in [0.05, 0.1) is 6.54 Å². The second-order valence-corrected chi connectivity index (χ2v) is 6.17. The number of halogens is 1. The quantitative estimate of drug-likeness (QED) is 0.913. The summed E-state index contributed by atoms with van der Waals surface area (Å²) in [5, 5.41) is 15.1. The van der Waals surface area contributed by atoms with Crippen molar-refractivity contribution < 1.29 is 0 Å². The van der Waals surface area contributed by atoms with Crippen LogP contribution in [-0.4, -0.2) is 39.4 Å². The molecular weight excluding hydrogens is 308 g/mol. The van der Waals surface area contributed by atoms with Gasteiger partial charge < -0.3 is 14.8 Å². The SMILES string of the molecule is Cl.c1sc(N2CCCCC2)nc1-c1nnc2n1CCNC2. The lowest BCUT2D eigenvalue weighted by Crippen LogP contribution is -2.29. The van der Waals surface area contributed by atoms with Crippen LogP contribution in [0.4, 0.5) is 5.13 Å². The maximum Gasteiger partial charge on any atom is 0.185 e. The van der Waals surface area contributed by atoms with E-state index in [1.165, 1.54) is 19.3 Å². The summed E-state index contributed by atoms with van der Waals surface area (Å²) in [6.07, 6.45) is 3.90. The molecule has 0 amide bonds. The number of thiazole rings is 1. The molecule has 1 N–H and O–H groups in total. The van der Waals surface area contributed by atoms with Crippen molar-refractivity contribution in [2.75, 3.05) is 24.5 Å². The van der Waals surface area contributed by atoms with Crippen molar-refractivity contribution in [3.63, 3.8) is 0 Å². The molecule has 2 aromatic heterocycles. The maximum atomic E-state index is 4.79. The Balaban J connectivity index is 0.00000132.